The van der Waals surface area contributed by atoms with Crippen LogP contribution in [0.3, 0.4) is 0 Å². The Morgan fingerprint density at radius 3 is 1.69 bits per heavy atom. The SMILES string of the molecule is NCCCC[C@H](NC(=O)[C@H](CCC(=O)O)NC(=O)[C@@H](N)CCCN=C(N)N)C(=O)N[C@@H](CCCN=C(N)N)[B-](O)(O)O. The smallest absolute Gasteiger partial charge is 0.393 e. The predicted octanol–water partition coefficient (Wildman–Crippen LogP) is -5.68. The third kappa shape index (κ3) is 17.9. The van der Waals surface area contributed by atoms with Crippen LogP contribution < -0.4 is 50.4 Å². The molecule has 19 nitrogen and oxygen atoms in total. The third-order valence-electron chi connectivity index (χ3n) is 6.00. The second-order valence-corrected chi connectivity index (χ2v) is 9.75. The van der Waals surface area contributed by atoms with Gasteiger partial charge in [0.15, 0.2) is 11.9 Å². The molecule has 0 aliphatic heterocycles. The van der Waals surface area contributed by atoms with Gasteiger partial charge in [0, 0.05) is 19.5 Å². The molecule has 42 heavy (non-hydrogen) atoms. The van der Waals surface area contributed by atoms with Crippen LogP contribution in [0, 0.1) is 0 Å². The number of guanidine groups is 2. The normalized spacial score (nSPS) is 14.0. The van der Waals surface area contributed by atoms with Crippen LogP contribution >= 0.6 is 0 Å². The average Bonchev–Trinajstić information content (AvgIpc) is 2.88. The zero-order valence-corrected chi connectivity index (χ0v) is 23.7. The second-order valence-electron chi connectivity index (χ2n) is 9.75. The lowest BCUT2D eigenvalue weighted by Gasteiger charge is -2.34. The Labute approximate surface area is 243 Å². The molecule has 0 rings (SSSR count). The summed E-state index contributed by atoms with van der Waals surface area (Å²) >= 11 is 0. The van der Waals surface area contributed by atoms with Gasteiger partial charge >= 0.3 is 12.7 Å². The highest BCUT2D eigenvalue weighted by Crippen LogP contribution is 2.10. The van der Waals surface area contributed by atoms with Crippen molar-refractivity contribution in [3.05, 3.63) is 0 Å². The van der Waals surface area contributed by atoms with Crippen molar-refractivity contribution in [1.29, 1.82) is 0 Å². The van der Waals surface area contributed by atoms with Gasteiger partial charge < -0.3 is 70.5 Å². The minimum Gasteiger partial charge on any atom is -0.558 e. The van der Waals surface area contributed by atoms with E-state index in [1.165, 1.54) is 0 Å². The molecule has 0 aromatic carbocycles. The molecule has 0 aromatic rings. The summed E-state index contributed by atoms with van der Waals surface area (Å²) < 4.78 is 0. The van der Waals surface area contributed by atoms with Gasteiger partial charge in [0.2, 0.25) is 17.7 Å². The minimum atomic E-state index is -4.02. The zero-order valence-electron chi connectivity index (χ0n) is 23.7. The van der Waals surface area contributed by atoms with Crippen LogP contribution in [0.2, 0.25) is 0 Å². The van der Waals surface area contributed by atoms with E-state index in [0.29, 0.717) is 25.8 Å². The van der Waals surface area contributed by atoms with Crippen molar-refractivity contribution in [3.63, 3.8) is 0 Å². The Kier molecular flexibility index (Phi) is 18.4. The molecule has 0 aliphatic rings. The summed E-state index contributed by atoms with van der Waals surface area (Å²) in [5, 5.41) is 45.8. The number of aliphatic imine (C=N–C) groups is 2. The zero-order chi connectivity index (χ0) is 32.3. The molecule has 0 aliphatic carbocycles. The maximum Gasteiger partial charge on any atom is 0.393 e. The van der Waals surface area contributed by atoms with Crippen LogP contribution in [0.1, 0.15) is 57.8 Å². The van der Waals surface area contributed by atoms with Gasteiger partial charge in [-0.25, -0.2) is 0 Å². The Morgan fingerprint density at radius 1 is 0.690 bits per heavy atom. The van der Waals surface area contributed by atoms with E-state index in [4.69, 9.17) is 39.5 Å². The molecule has 0 fully saturated rings. The molecular weight excluding hydrogens is 557 g/mol. The Morgan fingerprint density at radius 2 is 1.19 bits per heavy atom. The van der Waals surface area contributed by atoms with E-state index in [1.54, 1.807) is 0 Å². The average molecular weight is 604 g/mol. The molecule has 0 saturated carbocycles. The van der Waals surface area contributed by atoms with E-state index >= 15 is 0 Å². The molecule has 0 heterocycles. The van der Waals surface area contributed by atoms with E-state index in [9.17, 15) is 34.3 Å². The molecule has 0 aromatic heterocycles. The fourth-order valence-corrected chi connectivity index (χ4v) is 3.71. The Hall–Kier alpha value is -3.72. The number of nitrogens with zero attached hydrogens (tertiary/aromatic N) is 2. The number of rotatable bonds is 22. The van der Waals surface area contributed by atoms with E-state index < -0.39 is 60.9 Å². The molecule has 0 radical (unpaired) electrons. The van der Waals surface area contributed by atoms with Gasteiger partial charge in [-0.05, 0) is 57.4 Å². The van der Waals surface area contributed by atoms with Gasteiger partial charge in [0.1, 0.15) is 12.1 Å². The van der Waals surface area contributed by atoms with Crippen LogP contribution in [0.5, 0.6) is 0 Å². The number of hydrogen-bond acceptors (Lipinski definition) is 11. The monoisotopic (exact) mass is 604 g/mol. The first-order valence-electron chi connectivity index (χ1n) is 13.6. The molecular formula is C22H47BN11O8-. The van der Waals surface area contributed by atoms with Crippen molar-refractivity contribution in [2.45, 2.75) is 81.9 Å². The molecule has 20 heteroatoms. The summed E-state index contributed by atoms with van der Waals surface area (Å²) in [6, 6.07) is -3.69. The van der Waals surface area contributed by atoms with E-state index in [1.807, 2.05) is 0 Å². The maximum atomic E-state index is 13.2. The fourth-order valence-electron chi connectivity index (χ4n) is 3.71. The minimum absolute atomic E-state index is 0.0572. The van der Waals surface area contributed by atoms with E-state index in [-0.39, 0.29) is 57.1 Å². The maximum absolute atomic E-state index is 13.2. The van der Waals surface area contributed by atoms with Crippen molar-refractivity contribution in [1.82, 2.24) is 16.0 Å². The third-order valence-corrected chi connectivity index (χ3v) is 6.00. The molecule has 0 unspecified atom stereocenters. The lowest BCUT2D eigenvalue weighted by Crippen LogP contribution is -2.62. The summed E-state index contributed by atoms with van der Waals surface area (Å²) in [7, 11) is 0. The van der Waals surface area contributed by atoms with E-state index in [0.717, 1.165) is 0 Å². The molecule has 4 atom stereocenters. The Bertz CT molecular complexity index is 925. The highest BCUT2D eigenvalue weighted by Gasteiger charge is 2.33. The summed E-state index contributed by atoms with van der Waals surface area (Å²) in [4.78, 5) is 57.6. The van der Waals surface area contributed by atoms with Gasteiger partial charge in [-0.3, -0.25) is 29.2 Å². The van der Waals surface area contributed by atoms with Gasteiger partial charge in [-0.15, -0.1) is 0 Å². The van der Waals surface area contributed by atoms with E-state index in [2.05, 4.69) is 25.9 Å². The van der Waals surface area contributed by atoms with Crippen LogP contribution in [0.4, 0.5) is 0 Å². The van der Waals surface area contributed by atoms with Gasteiger partial charge in [0.05, 0.1) is 6.04 Å². The molecule has 0 spiro atoms. The molecule has 19 N–H and O–H groups in total. The highest BCUT2D eigenvalue weighted by molar-refractivity contribution is 6.58. The summed E-state index contributed by atoms with van der Waals surface area (Å²) in [5.41, 5.74) is 32.4. The van der Waals surface area contributed by atoms with Gasteiger partial charge in [0.25, 0.3) is 0 Å². The topological polar surface area (TPSA) is 366 Å². The lowest BCUT2D eigenvalue weighted by atomic mass is 9.68. The standard InChI is InChI=1S/C22H47BN11O8/c24-10-2-1-6-14(20(39)34-16(23(40,41)42)7-4-12-31-22(28)29)33-19(38)15(8-9-17(35)36)32-18(37)13(25)5-3-11-30-21(26)27/h13-16,40-42H,1-12,24-25H2,(H,32,37)(H,33,38)(H,34,39)(H,35,36)(H4,26,27,30)(H4,28,29,31)/q-1/t13-,14-,15-,16-/m0/s1. The van der Waals surface area contributed by atoms with Gasteiger partial charge in [-0.2, -0.15) is 0 Å². The lowest BCUT2D eigenvalue weighted by molar-refractivity contribution is -0.138. The number of amides is 3. The molecule has 0 saturated heterocycles. The summed E-state index contributed by atoms with van der Waals surface area (Å²) in [6.07, 6.45) is 0.687. The first kappa shape index (κ1) is 38.3. The number of nitrogens with two attached hydrogens (primary N) is 6. The van der Waals surface area contributed by atoms with Crippen molar-refractivity contribution >= 4 is 42.4 Å². The number of carbonyl (C=O) groups is 4. The van der Waals surface area contributed by atoms with Crippen LogP contribution in [0.15, 0.2) is 9.98 Å². The van der Waals surface area contributed by atoms with Crippen molar-refractivity contribution < 1.29 is 39.4 Å². The number of unbranched alkanes of at least 4 members (excludes halogenated alkanes) is 1. The van der Waals surface area contributed by atoms with Crippen molar-refractivity contribution in [2.75, 3.05) is 19.6 Å². The molecule has 3 amide bonds. The van der Waals surface area contributed by atoms with Crippen LogP contribution in [-0.2, 0) is 19.2 Å². The number of carboxylic acids is 1. The fraction of sp³-hybridized carbons (Fsp3) is 0.727. The van der Waals surface area contributed by atoms with Crippen molar-refractivity contribution in [2.24, 2.45) is 44.4 Å². The van der Waals surface area contributed by atoms with Crippen molar-refractivity contribution in [3.8, 4) is 0 Å². The molecule has 242 valence electrons. The number of aliphatic carboxylic acids is 1. The summed E-state index contributed by atoms with van der Waals surface area (Å²) in [5.74, 6) is -5.54. The quantitative estimate of drug-likeness (QED) is 0.0237. The first-order valence-corrected chi connectivity index (χ1v) is 13.6. The number of hydrogen-bond donors (Lipinski definition) is 13. The number of nitrogens with one attached hydrogen (secondary N) is 3. The number of carboxylic acid groups (broad SMARTS) is 1. The predicted molar refractivity (Wildman–Crippen MR) is 156 cm³/mol. The van der Waals surface area contributed by atoms with Crippen LogP contribution in [-0.4, -0.2) is 106 Å². The van der Waals surface area contributed by atoms with Crippen LogP contribution in [0.25, 0.3) is 0 Å². The highest BCUT2D eigenvalue weighted by atomic mass is 16.5. The second kappa shape index (κ2) is 20.2. The first-order chi connectivity index (χ1) is 19.6. The number of carbonyl (C=O) groups excluding carboxylic acids is 3. The van der Waals surface area contributed by atoms with Gasteiger partial charge in [-0.1, -0.05) is 6.42 Å². The summed E-state index contributed by atoms with van der Waals surface area (Å²) in [6.45, 7) is -3.42. The Balaban J connectivity index is 5.64. The molecule has 0 bridgehead atoms. The largest absolute Gasteiger partial charge is 0.558 e.